The van der Waals surface area contributed by atoms with E-state index in [9.17, 15) is 14.9 Å². The van der Waals surface area contributed by atoms with Gasteiger partial charge in [-0.15, -0.1) is 0 Å². The number of ether oxygens (including phenoxy) is 1. The number of carbonyl (C=O) groups excluding carboxylic acids is 1. The summed E-state index contributed by atoms with van der Waals surface area (Å²) in [5, 5.41) is 13.3. The van der Waals surface area contributed by atoms with Gasteiger partial charge in [0.25, 0.3) is 5.69 Å². The minimum atomic E-state index is -0.467. The van der Waals surface area contributed by atoms with Crippen LogP contribution < -0.4 is 10.1 Å². The Morgan fingerprint density at radius 2 is 1.91 bits per heavy atom. The highest BCUT2D eigenvalue weighted by molar-refractivity contribution is 6.02. The lowest BCUT2D eigenvalue weighted by Crippen LogP contribution is -2.09. The molecule has 2 aromatic carbocycles. The summed E-state index contributed by atoms with van der Waals surface area (Å²) in [5.41, 5.74) is 1.30. The van der Waals surface area contributed by atoms with Gasteiger partial charge in [-0.3, -0.25) is 14.9 Å². The number of non-ortho nitro benzene ring substituents is 1. The molecule has 2 rings (SSSR count). The normalized spacial score (nSPS) is 10.5. The molecule has 0 heterocycles. The van der Waals surface area contributed by atoms with Crippen molar-refractivity contribution < 1.29 is 14.5 Å². The second kappa shape index (κ2) is 7.74. The summed E-state index contributed by atoms with van der Waals surface area (Å²) in [4.78, 5) is 22.1. The zero-order valence-electron chi connectivity index (χ0n) is 12.6. The number of para-hydroxylation sites is 2. The van der Waals surface area contributed by atoms with Gasteiger partial charge in [-0.1, -0.05) is 12.1 Å². The number of rotatable bonds is 6. The highest BCUT2D eigenvalue weighted by atomic mass is 16.6. The van der Waals surface area contributed by atoms with E-state index in [1.807, 2.05) is 13.0 Å². The third-order valence-electron chi connectivity index (χ3n) is 2.98. The number of hydrogen-bond donors (Lipinski definition) is 1. The summed E-state index contributed by atoms with van der Waals surface area (Å²) in [7, 11) is 0. The third-order valence-corrected chi connectivity index (χ3v) is 2.98. The van der Waals surface area contributed by atoms with Gasteiger partial charge in [-0.05, 0) is 42.8 Å². The molecule has 2 aromatic rings. The number of amides is 1. The third kappa shape index (κ3) is 4.67. The van der Waals surface area contributed by atoms with Crippen molar-refractivity contribution in [1.29, 1.82) is 0 Å². The molecule has 0 aromatic heterocycles. The Labute approximate surface area is 133 Å². The van der Waals surface area contributed by atoms with E-state index in [1.165, 1.54) is 18.2 Å². The summed E-state index contributed by atoms with van der Waals surface area (Å²) in [6, 6.07) is 13.1. The molecule has 0 saturated heterocycles. The van der Waals surface area contributed by atoms with Gasteiger partial charge in [0.2, 0.25) is 5.91 Å². The molecule has 6 nitrogen and oxygen atoms in total. The van der Waals surface area contributed by atoms with Crippen molar-refractivity contribution in [1.82, 2.24) is 0 Å². The smallest absolute Gasteiger partial charge is 0.269 e. The van der Waals surface area contributed by atoms with E-state index in [-0.39, 0.29) is 11.6 Å². The SMILES string of the molecule is CCOc1ccccc1NC(=O)/C=C/c1ccc([N+](=O)[O-])cc1. The van der Waals surface area contributed by atoms with Crippen LogP contribution in [0.4, 0.5) is 11.4 Å². The first-order valence-corrected chi connectivity index (χ1v) is 7.05. The average Bonchev–Trinajstić information content (AvgIpc) is 2.55. The first-order valence-electron chi connectivity index (χ1n) is 7.05. The van der Waals surface area contributed by atoms with Gasteiger partial charge >= 0.3 is 0 Å². The molecule has 0 bridgehead atoms. The predicted octanol–water partition coefficient (Wildman–Crippen LogP) is 3.65. The van der Waals surface area contributed by atoms with E-state index < -0.39 is 4.92 Å². The monoisotopic (exact) mass is 312 g/mol. The lowest BCUT2D eigenvalue weighted by atomic mass is 10.2. The fourth-order valence-corrected chi connectivity index (χ4v) is 1.90. The topological polar surface area (TPSA) is 81.5 Å². The van der Waals surface area contributed by atoms with E-state index in [0.29, 0.717) is 23.6 Å². The van der Waals surface area contributed by atoms with E-state index in [4.69, 9.17) is 4.74 Å². The molecule has 23 heavy (non-hydrogen) atoms. The van der Waals surface area contributed by atoms with E-state index in [0.717, 1.165) is 0 Å². The van der Waals surface area contributed by atoms with E-state index in [2.05, 4.69) is 5.32 Å². The van der Waals surface area contributed by atoms with Crippen LogP contribution in [0.15, 0.2) is 54.6 Å². The van der Waals surface area contributed by atoms with Crippen LogP contribution in [0.3, 0.4) is 0 Å². The van der Waals surface area contributed by atoms with Crippen LogP contribution in [-0.2, 0) is 4.79 Å². The number of nitrogens with one attached hydrogen (secondary N) is 1. The van der Waals surface area contributed by atoms with Crippen molar-refractivity contribution in [3.8, 4) is 5.75 Å². The molecule has 0 atom stereocenters. The fourth-order valence-electron chi connectivity index (χ4n) is 1.90. The molecular weight excluding hydrogens is 296 g/mol. The van der Waals surface area contributed by atoms with Crippen LogP contribution in [-0.4, -0.2) is 17.4 Å². The number of anilines is 1. The van der Waals surface area contributed by atoms with Gasteiger partial charge in [0, 0.05) is 18.2 Å². The molecule has 0 saturated carbocycles. The zero-order chi connectivity index (χ0) is 16.7. The summed E-state index contributed by atoms with van der Waals surface area (Å²) in [6.45, 7) is 2.37. The first kappa shape index (κ1) is 16.2. The van der Waals surface area contributed by atoms with Crippen LogP contribution >= 0.6 is 0 Å². The molecule has 0 aliphatic heterocycles. The molecule has 0 spiro atoms. The first-order chi connectivity index (χ1) is 11.1. The second-order valence-corrected chi connectivity index (χ2v) is 4.60. The van der Waals surface area contributed by atoms with Crippen molar-refractivity contribution >= 4 is 23.4 Å². The molecule has 1 N–H and O–H groups in total. The Morgan fingerprint density at radius 3 is 2.57 bits per heavy atom. The zero-order valence-corrected chi connectivity index (χ0v) is 12.6. The maximum absolute atomic E-state index is 12.0. The quantitative estimate of drug-likeness (QED) is 0.501. The number of nitrogens with zero attached hydrogens (tertiary/aromatic N) is 1. The molecular formula is C17H16N2O4. The van der Waals surface area contributed by atoms with Crippen LogP contribution in [0.2, 0.25) is 0 Å². The number of carbonyl (C=O) groups is 1. The summed E-state index contributed by atoms with van der Waals surface area (Å²) < 4.78 is 5.43. The van der Waals surface area contributed by atoms with Gasteiger partial charge < -0.3 is 10.1 Å². The summed E-state index contributed by atoms with van der Waals surface area (Å²) in [5.74, 6) is 0.294. The molecule has 0 unspecified atom stereocenters. The largest absolute Gasteiger partial charge is 0.492 e. The number of benzene rings is 2. The number of nitro groups is 1. The van der Waals surface area contributed by atoms with Crippen molar-refractivity contribution in [3.05, 3.63) is 70.3 Å². The Morgan fingerprint density at radius 1 is 1.22 bits per heavy atom. The number of hydrogen-bond acceptors (Lipinski definition) is 4. The summed E-state index contributed by atoms with van der Waals surface area (Å²) >= 11 is 0. The number of nitro benzene ring substituents is 1. The molecule has 0 radical (unpaired) electrons. The van der Waals surface area contributed by atoms with Crippen molar-refractivity contribution in [2.75, 3.05) is 11.9 Å². The molecule has 1 amide bonds. The maximum Gasteiger partial charge on any atom is 0.269 e. The molecule has 6 heteroatoms. The van der Waals surface area contributed by atoms with E-state index in [1.54, 1.807) is 36.4 Å². The Kier molecular flexibility index (Phi) is 5.46. The average molecular weight is 312 g/mol. The molecule has 0 aliphatic rings. The van der Waals surface area contributed by atoms with Crippen molar-refractivity contribution in [2.24, 2.45) is 0 Å². The Hall–Kier alpha value is -3.15. The van der Waals surface area contributed by atoms with Crippen LogP contribution in [0.1, 0.15) is 12.5 Å². The van der Waals surface area contributed by atoms with Gasteiger partial charge in [-0.2, -0.15) is 0 Å². The fraction of sp³-hybridized carbons (Fsp3) is 0.118. The van der Waals surface area contributed by atoms with Crippen molar-refractivity contribution in [3.63, 3.8) is 0 Å². The van der Waals surface area contributed by atoms with Gasteiger partial charge in [0.05, 0.1) is 17.2 Å². The predicted molar refractivity (Wildman–Crippen MR) is 88.4 cm³/mol. The standard InChI is InChI=1S/C17H16N2O4/c1-2-23-16-6-4-3-5-15(16)18-17(20)12-9-13-7-10-14(11-8-13)19(21)22/h3-12H,2H2,1H3,(H,18,20)/b12-9+. The van der Waals surface area contributed by atoms with Crippen LogP contribution in [0.25, 0.3) is 6.08 Å². The van der Waals surface area contributed by atoms with Gasteiger partial charge in [0.15, 0.2) is 0 Å². The van der Waals surface area contributed by atoms with Crippen molar-refractivity contribution in [2.45, 2.75) is 6.92 Å². The molecule has 0 aliphatic carbocycles. The molecule has 118 valence electrons. The minimum Gasteiger partial charge on any atom is -0.492 e. The maximum atomic E-state index is 12.0. The highest BCUT2D eigenvalue weighted by Gasteiger charge is 2.05. The minimum absolute atomic E-state index is 0.0113. The van der Waals surface area contributed by atoms with Crippen LogP contribution in [0.5, 0.6) is 5.75 Å². The lowest BCUT2D eigenvalue weighted by molar-refractivity contribution is -0.384. The van der Waals surface area contributed by atoms with Gasteiger partial charge in [-0.25, -0.2) is 0 Å². The Bertz CT molecular complexity index is 724. The van der Waals surface area contributed by atoms with Gasteiger partial charge in [0.1, 0.15) is 5.75 Å². The summed E-state index contributed by atoms with van der Waals surface area (Å²) in [6.07, 6.45) is 2.95. The van der Waals surface area contributed by atoms with E-state index >= 15 is 0 Å². The lowest BCUT2D eigenvalue weighted by Gasteiger charge is -2.09. The van der Waals surface area contributed by atoms with Crippen LogP contribution in [0, 0.1) is 10.1 Å². The Balaban J connectivity index is 2.03. The second-order valence-electron chi connectivity index (χ2n) is 4.60. The molecule has 0 fully saturated rings. The highest BCUT2D eigenvalue weighted by Crippen LogP contribution is 2.23.